The lowest BCUT2D eigenvalue weighted by molar-refractivity contribution is 0.0476. The van der Waals surface area contributed by atoms with Crippen LogP contribution in [-0.4, -0.2) is 28.6 Å². The van der Waals surface area contributed by atoms with Crippen LogP contribution in [0.3, 0.4) is 0 Å². The summed E-state index contributed by atoms with van der Waals surface area (Å²) in [5.41, 5.74) is 1.76. The van der Waals surface area contributed by atoms with Crippen molar-refractivity contribution in [1.29, 1.82) is 0 Å². The first-order valence-corrected chi connectivity index (χ1v) is 7.99. The highest BCUT2D eigenvalue weighted by Crippen LogP contribution is 2.31. The SMILES string of the molecule is O=C(c1ccccc1)N1[C@@H](CO)CC=CC[C@@H]1c1ccccc1. The highest BCUT2D eigenvalue weighted by atomic mass is 16.3. The summed E-state index contributed by atoms with van der Waals surface area (Å²) < 4.78 is 0. The lowest BCUT2D eigenvalue weighted by Crippen LogP contribution is -2.44. The molecule has 1 amide bonds. The van der Waals surface area contributed by atoms with Crippen LogP contribution in [0.2, 0.25) is 0 Å². The zero-order chi connectivity index (χ0) is 16.1. The average Bonchev–Trinajstić information content (AvgIpc) is 2.85. The standard InChI is InChI=1S/C20H21NO2/c22-15-18-13-7-8-14-19(16-9-3-1-4-10-16)21(18)20(23)17-11-5-2-6-12-17/h1-12,18-19,22H,13-15H2/t18-,19-/m1/s1. The van der Waals surface area contributed by atoms with Gasteiger partial charge in [0.05, 0.1) is 18.7 Å². The van der Waals surface area contributed by atoms with E-state index in [0.717, 1.165) is 12.0 Å². The maximum Gasteiger partial charge on any atom is 0.254 e. The second-order valence-corrected chi connectivity index (χ2v) is 5.78. The first-order valence-electron chi connectivity index (χ1n) is 7.99. The van der Waals surface area contributed by atoms with Crippen LogP contribution in [-0.2, 0) is 0 Å². The molecule has 0 aliphatic carbocycles. The van der Waals surface area contributed by atoms with Crippen molar-refractivity contribution in [2.75, 3.05) is 6.61 Å². The van der Waals surface area contributed by atoms with Crippen LogP contribution in [0, 0.1) is 0 Å². The normalized spacial score (nSPS) is 21.0. The van der Waals surface area contributed by atoms with Gasteiger partial charge in [0.1, 0.15) is 0 Å². The van der Waals surface area contributed by atoms with Crippen LogP contribution in [0.25, 0.3) is 0 Å². The van der Waals surface area contributed by atoms with Gasteiger partial charge in [0.2, 0.25) is 0 Å². The van der Waals surface area contributed by atoms with Gasteiger partial charge in [-0.2, -0.15) is 0 Å². The fourth-order valence-electron chi connectivity index (χ4n) is 3.13. The summed E-state index contributed by atoms with van der Waals surface area (Å²) in [6.07, 6.45) is 5.62. The number of hydrogen-bond acceptors (Lipinski definition) is 2. The minimum atomic E-state index is -0.202. The quantitative estimate of drug-likeness (QED) is 0.881. The van der Waals surface area contributed by atoms with E-state index in [0.29, 0.717) is 12.0 Å². The fourth-order valence-corrected chi connectivity index (χ4v) is 3.13. The summed E-state index contributed by atoms with van der Waals surface area (Å²) in [5, 5.41) is 9.82. The molecular formula is C20H21NO2. The summed E-state index contributed by atoms with van der Waals surface area (Å²) in [7, 11) is 0. The van der Waals surface area contributed by atoms with Gasteiger partial charge in [0.25, 0.3) is 5.91 Å². The van der Waals surface area contributed by atoms with E-state index >= 15 is 0 Å². The zero-order valence-corrected chi connectivity index (χ0v) is 13.0. The first kappa shape index (κ1) is 15.5. The number of rotatable bonds is 3. The highest BCUT2D eigenvalue weighted by molar-refractivity contribution is 5.94. The van der Waals surface area contributed by atoms with Gasteiger partial charge in [-0.1, -0.05) is 60.7 Å². The molecule has 3 heteroatoms. The number of carbonyl (C=O) groups is 1. The molecule has 1 aliphatic rings. The Morgan fingerprint density at radius 1 is 0.957 bits per heavy atom. The topological polar surface area (TPSA) is 40.5 Å². The molecule has 0 saturated carbocycles. The van der Waals surface area contributed by atoms with Crippen molar-refractivity contribution in [1.82, 2.24) is 4.90 Å². The number of benzene rings is 2. The second kappa shape index (κ2) is 7.25. The van der Waals surface area contributed by atoms with Gasteiger partial charge in [-0.3, -0.25) is 4.79 Å². The van der Waals surface area contributed by atoms with Crippen molar-refractivity contribution in [2.45, 2.75) is 24.9 Å². The first-order chi connectivity index (χ1) is 11.3. The minimum Gasteiger partial charge on any atom is -0.394 e. The lowest BCUT2D eigenvalue weighted by Gasteiger charge is -2.36. The Morgan fingerprint density at radius 3 is 2.22 bits per heavy atom. The molecule has 0 spiro atoms. The Balaban J connectivity index is 2.00. The van der Waals surface area contributed by atoms with E-state index in [4.69, 9.17) is 0 Å². The van der Waals surface area contributed by atoms with Gasteiger partial charge < -0.3 is 10.0 Å². The van der Waals surface area contributed by atoms with E-state index in [1.54, 1.807) is 0 Å². The van der Waals surface area contributed by atoms with E-state index in [9.17, 15) is 9.90 Å². The Labute approximate surface area is 136 Å². The van der Waals surface area contributed by atoms with Crippen molar-refractivity contribution in [3.05, 3.63) is 83.9 Å². The monoisotopic (exact) mass is 307 g/mol. The minimum absolute atomic E-state index is 0.0257. The lowest BCUT2D eigenvalue weighted by atomic mass is 9.99. The number of hydrogen-bond donors (Lipinski definition) is 1. The third-order valence-electron chi connectivity index (χ3n) is 4.31. The predicted molar refractivity (Wildman–Crippen MR) is 91.0 cm³/mol. The van der Waals surface area contributed by atoms with Crippen LogP contribution in [0.5, 0.6) is 0 Å². The zero-order valence-electron chi connectivity index (χ0n) is 13.0. The van der Waals surface area contributed by atoms with Crippen LogP contribution in [0.15, 0.2) is 72.8 Å². The molecule has 2 aromatic rings. The van der Waals surface area contributed by atoms with Crippen molar-refractivity contribution in [2.24, 2.45) is 0 Å². The summed E-state index contributed by atoms with van der Waals surface area (Å²) in [4.78, 5) is 14.9. The number of aliphatic hydroxyl groups excluding tert-OH is 1. The molecule has 0 bridgehead atoms. The molecule has 1 N–H and O–H groups in total. The molecule has 0 aromatic heterocycles. The van der Waals surface area contributed by atoms with E-state index in [1.165, 1.54) is 0 Å². The molecule has 3 rings (SSSR count). The number of amides is 1. The van der Waals surface area contributed by atoms with Crippen molar-refractivity contribution in [3.8, 4) is 0 Å². The van der Waals surface area contributed by atoms with E-state index in [2.05, 4.69) is 12.2 Å². The van der Waals surface area contributed by atoms with Crippen LogP contribution in [0.1, 0.15) is 34.8 Å². The van der Waals surface area contributed by atoms with E-state index < -0.39 is 0 Å². The molecule has 0 unspecified atom stereocenters. The van der Waals surface area contributed by atoms with Gasteiger partial charge in [0, 0.05) is 5.56 Å². The van der Waals surface area contributed by atoms with Gasteiger partial charge in [-0.15, -0.1) is 0 Å². The van der Waals surface area contributed by atoms with Crippen LogP contribution in [0.4, 0.5) is 0 Å². The van der Waals surface area contributed by atoms with Crippen molar-refractivity contribution >= 4 is 5.91 Å². The predicted octanol–water partition coefficient (Wildman–Crippen LogP) is 3.58. The Kier molecular flexibility index (Phi) is 4.89. The molecule has 0 saturated heterocycles. The van der Waals surface area contributed by atoms with Crippen LogP contribution >= 0.6 is 0 Å². The largest absolute Gasteiger partial charge is 0.394 e. The van der Waals surface area contributed by atoms with Crippen molar-refractivity contribution < 1.29 is 9.90 Å². The molecule has 1 heterocycles. The number of aliphatic hydroxyl groups is 1. The van der Waals surface area contributed by atoms with Gasteiger partial charge in [0.15, 0.2) is 0 Å². The summed E-state index contributed by atoms with van der Waals surface area (Å²) >= 11 is 0. The molecule has 23 heavy (non-hydrogen) atoms. The average molecular weight is 307 g/mol. The Hall–Kier alpha value is -2.39. The molecule has 2 atom stereocenters. The maximum absolute atomic E-state index is 13.1. The number of carbonyl (C=O) groups excluding carboxylic acids is 1. The van der Waals surface area contributed by atoms with E-state index in [-0.39, 0.29) is 24.6 Å². The van der Waals surface area contributed by atoms with Crippen LogP contribution < -0.4 is 0 Å². The summed E-state index contributed by atoms with van der Waals surface area (Å²) in [6, 6.07) is 19.1. The molecule has 3 nitrogen and oxygen atoms in total. The molecule has 0 fully saturated rings. The molecular weight excluding hydrogens is 286 g/mol. The third kappa shape index (κ3) is 3.35. The summed E-state index contributed by atoms with van der Waals surface area (Å²) in [6.45, 7) is -0.0355. The summed E-state index contributed by atoms with van der Waals surface area (Å²) in [5.74, 6) is -0.0257. The molecule has 118 valence electrons. The molecule has 2 aromatic carbocycles. The number of nitrogens with zero attached hydrogens (tertiary/aromatic N) is 1. The van der Waals surface area contributed by atoms with E-state index in [1.807, 2.05) is 65.6 Å². The highest BCUT2D eigenvalue weighted by Gasteiger charge is 2.32. The maximum atomic E-state index is 13.1. The van der Waals surface area contributed by atoms with Crippen molar-refractivity contribution in [3.63, 3.8) is 0 Å². The van der Waals surface area contributed by atoms with Gasteiger partial charge in [-0.05, 0) is 30.5 Å². The Morgan fingerprint density at radius 2 is 1.57 bits per heavy atom. The second-order valence-electron chi connectivity index (χ2n) is 5.78. The smallest absolute Gasteiger partial charge is 0.254 e. The Bertz CT molecular complexity index is 667. The molecule has 1 aliphatic heterocycles. The fraction of sp³-hybridized carbons (Fsp3) is 0.250. The molecule has 0 radical (unpaired) electrons. The van der Waals surface area contributed by atoms with Gasteiger partial charge >= 0.3 is 0 Å². The van der Waals surface area contributed by atoms with Gasteiger partial charge in [-0.25, -0.2) is 0 Å². The third-order valence-corrected chi connectivity index (χ3v) is 4.31.